The SMILES string of the molecule is C=CCSC(=S)Cl. The van der Waals surface area contributed by atoms with Gasteiger partial charge in [0.2, 0.25) is 0 Å². The standard InChI is InChI=1S/C4H5ClS2/c1-2-3-7-4(5)6/h2H,1,3H2. The van der Waals surface area contributed by atoms with E-state index in [1.54, 1.807) is 6.08 Å². The Kier molecular flexibility index (Phi) is 4.94. The van der Waals surface area contributed by atoms with Gasteiger partial charge in [-0.25, -0.2) is 0 Å². The quantitative estimate of drug-likeness (QED) is 0.339. The second kappa shape index (κ2) is 4.62. The molecule has 0 atom stereocenters. The normalized spacial score (nSPS) is 8.14. The summed E-state index contributed by atoms with van der Waals surface area (Å²) >= 11 is 11.3. The third kappa shape index (κ3) is 6.47. The predicted molar refractivity (Wildman–Crippen MR) is 41.1 cm³/mol. The lowest BCUT2D eigenvalue weighted by molar-refractivity contribution is 1.84. The molecule has 0 amide bonds. The summed E-state index contributed by atoms with van der Waals surface area (Å²) in [5, 5.41) is 0. The molecule has 0 saturated heterocycles. The zero-order valence-electron chi connectivity index (χ0n) is 3.69. The highest BCUT2D eigenvalue weighted by Gasteiger charge is 1.84. The van der Waals surface area contributed by atoms with Crippen molar-refractivity contribution in [2.45, 2.75) is 0 Å². The molecule has 0 saturated carbocycles. The van der Waals surface area contributed by atoms with Crippen LogP contribution in [0.5, 0.6) is 0 Å². The summed E-state index contributed by atoms with van der Waals surface area (Å²) in [5.74, 6) is 0.808. The van der Waals surface area contributed by atoms with E-state index in [-0.39, 0.29) is 0 Å². The number of halogens is 1. The van der Waals surface area contributed by atoms with Crippen molar-refractivity contribution in [1.29, 1.82) is 0 Å². The highest BCUT2D eigenvalue weighted by Crippen LogP contribution is 2.06. The Morgan fingerprint density at radius 1 is 2.00 bits per heavy atom. The fourth-order valence-corrected chi connectivity index (χ4v) is 0.766. The molecule has 0 aromatic rings. The number of thiocarbonyl (C=S) groups is 1. The minimum Gasteiger partial charge on any atom is -0.102 e. The van der Waals surface area contributed by atoms with Gasteiger partial charge >= 0.3 is 0 Å². The lowest BCUT2D eigenvalue weighted by Gasteiger charge is -1.84. The lowest BCUT2D eigenvalue weighted by Crippen LogP contribution is -1.71. The largest absolute Gasteiger partial charge is 0.137 e. The molecular weight excluding hydrogens is 148 g/mol. The van der Waals surface area contributed by atoms with Crippen LogP contribution in [0.2, 0.25) is 0 Å². The molecule has 0 aromatic heterocycles. The van der Waals surface area contributed by atoms with Crippen LogP contribution >= 0.6 is 35.6 Å². The van der Waals surface area contributed by atoms with E-state index in [1.165, 1.54) is 11.8 Å². The Bertz CT molecular complexity index is 79.8. The first-order valence-corrected chi connectivity index (χ1v) is 3.47. The van der Waals surface area contributed by atoms with Crippen LogP contribution in [0.15, 0.2) is 12.7 Å². The molecule has 0 unspecified atom stereocenters. The minimum absolute atomic E-state index is 0.458. The van der Waals surface area contributed by atoms with E-state index in [4.69, 9.17) is 11.6 Å². The van der Waals surface area contributed by atoms with Crippen molar-refractivity contribution in [3.63, 3.8) is 0 Å². The molecule has 0 aliphatic carbocycles. The number of hydrogen-bond acceptors (Lipinski definition) is 2. The summed E-state index contributed by atoms with van der Waals surface area (Å²) in [4.78, 5) is 0. The van der Waals surface area contributed by atoms with Crippen LogP contribution in [0.4, 0.5) is 0 Å². The highest BCUT2D eigenvalue weighted by molar-refractivity contribution is 8.26. The van der Waals surface area contributed by atoms with E-state index < -0.39 is 0 Å². The molecule has 40 valence electrons. The zero-order chi connectivity index (χ0) is 5.70. The van der Waals surface area contributed by atoms with Gasteiger partial charge in [-0.3, -0.25) is 0 Å². The molecule has 0 nitrogen and oxygen atoms in total. The van der Waals surface area contributed by atoms with Crippen molar-refractivity contribution in [3.8, 4) is 0 Å². The molecule has 0 rings (SSSR count). The summed E-state index contributed by atoms with van der Waals surface area (Å²) in [6, 6.07) is 0. The van der Waals surface area contributed by atoms with E-state index in [0.29, 0.717) is 3.66 Å². The molecular formula is C4H5ClS2. The molecule has 7 heavy (non-hydrogen) atoms. The van der Waals surface area contributed by atoms with Gasteiger partial charge in [-0.2, -0.15) is 0 Å². The van der Waals surface area contributed by atoms with Crippen LogP contribution in [-0.2, 0) is 0 Å². The topological polar surface area (TPSA) is 0 Å². The maximum atomic E-state index is 5.30. The molecule has 0 heterocycles. The van der Waals surface area contributed by atoms with Crippen molar-refractivity contribution in [2.24, 2.45) is 0 Å². The van der Waals surface area contributed by atoms with Crippen LogP contribution < -0.4 is 0 Å². The van der Waals surface area contributed by atoms with Gasteiger partial charge < -0.3 is 0 Å². The Labute approximate surface area is 57.9 Å². The summed E-state index contributed by atoms with van der Waals surface area (Å²) in [6.07, 6.45) is 1.76. The van der Waals surface area contributed by atoms with E-state index >= 15 is 0 Å². The lowest BCUT2D eigenvalue weighted by atomic mass is 10.8. The maximum absolute atomic E-state index is 5.30. The Morgan fingerprint density at radius 3 is 2.71 bits per heavy atom. The first-order valence-electron chi connectivity index (χ1n) is 1.70. The Hall–Kier alpha value is 0.470. The van der Waals surface area contributed by atoms with Crippen LogP contribution in [0.3, 0.4) is 0 Å². The van der Waals surface area contributed by atoms with Crippen LogP contribution in [0, 0.1) is 0 Å². The maximum Gasteiger partial charge on any atom is 0.137 e. The van der Waals surface area contributed by atoms with Gasteiger partial charge in [-0.15, -0.1) is 6.58 Å². The number of rotatable bonds is 2. The van der Waals surface area contributed by atoms with Gasteiger partial charge in [-0.05, 0) is 0 Å². The molecule has 0 aliphatic rings. The zero-order valence-corrected chi connectivity index (χ0v) is 6.07. The van der Waals surface area contributed by atoms with Crippen molar-refractivity contribution in [2.75, 3.05) is 5.75 Å². The molecule has 0 fully saturated rings. The second-order valence-electron chi connectivity index (χ2n) is 0.837. The van der Waals surface area contributed by atoms with Crippen molar-refractivity contribution in [3.05, 3.63) is 12.7 Å². The minimum atomic E-state index is 0.458. The average Bonchev–Trinajstić information content (AvgIpc) is 1.61. The van der Waals surface area contributed by atoms with Crippen molar-refractivity contribution >= 4 is 39.2 Å². The van der Waals surface area contributed by atoms with Crippen LogP contribution in [-0.4, -0.2) is 9.41 Å². The Morgan fingerprint density at radius 2 is 2.57 bits per heavy atom. The molecule has 0 N–H and O–H groups in total. The van der Waals surface area contributed by atoms with Crippen LogP contribution in [0.25, 0.3) is 0 Å². The van der Waals surface area contributed by atoms with Gasteiger partial charge in [0, 0.05) is 5.75 Å². The van der Waals surface area contributed by atoms with Gasteiger partial charge in [0.05, 0.1) is 0 Å². The average molecular weight is 153 g/mol. The van der Waals surface area contributed by atoms with Crippen molar-refractivity contribution in [1.82, 2.24) is 0 Å². The molecule has 0 spiro atoms. The second-order valence-corrected chi connectivity index (χ2v) is 3.36. The fraction of sp³-hybridized carbons (Fsp3) is 0.250. The fourth-order valence-electron chi connectivity index (χ4n) is 0.124. The van der Waals surface area contributed by atoms with Gasteiger partial charge in [0.1, 0.15) is 3.66 Å². The van der Waals surface area contributed by atoms with Gasteiger partial charge in [-0.1, -0.05) is 41.7 Å². The summed E-state index contributed by atoms with van der Waals surface area (Å²) in [6.45, 7) is 3.49. The first kappa shape index (κ1) is 7.47. The van der Waals surface area contributed by atoms with E-state index in [2.05, 4.69) is 18.8 Å². The Balaban J connectivity index is 2.97. The summed E-state index contributed by atoms with van der Waals surface area (Å²) in [7, 11) is 0. The van der Waals surface area contributed by atoms with Gasteiger partial charge in [0.25, 0.3) is 0 Å². The van der Waals surface area contributed by atoms with E-state index in [1.807, 2.05) is 0 Å². The third-order valence-electron chi connectivity index (χ3n) is 0.315. The molecule has 3 heteroatoms. The smallest absolute Gasteiger partial charge is 0.102 e. The van der Waals surface area contributed by atoms with Crippen LogP contribution in [0.1, 0.15) is 0 Å². The molecule has 0 aliphatic heterocycles. The monoisotopic (exact) mass is 152 g/mol. The highest BCUT2D eigenvalue weighted by atomic mass is 35.5. The van der Waals surface area contributed by atoms with Crippen molar-refractivity contribution < 1.29 is 0 Å². The molecule has 0 bridgehead atoms. The predicted octanol–water partition coefficient (Wildman–Crippen LogP) is 2.43. The molecule has 0 aromatic carbocycles. The van der Waals surface area contributed by atoms with E-state index in [0.717, 1.165) is 5.75 Å². The van der Waals surface area contributed by atoms with Gasteiger partial charge in [0.15, 0.2) is 0 Å². The number of hydrogen-bond donors (Lipinski definition) is 0. The number of thioether (sulfide) groups is 1. The summed E-state index contributed by atoms with van der Waals surface area (Å²) < 4.78 is 0.458. The summed E-state index contributed by atoms with van der Waals surface area (Å²) in [5.41, 5.74) is 0. The van der Waals surface area contributed by atoms with E-state index in [9.17, 15) is 0 Å². The first-order chi connectivity index (χ1) is 3.27. The molecule has 0 radical (unpaired) electrons. The third-order valence-corrected chi connectivity index (χ3v) is 1.62.